The number of benzene rings is 2. The zero-order valence-electron chi connectivity index (χ0n) is 18.6. The Kier molecular flexibility index (Phi) is 7.29. The van der Waals surface area contributed by atoms with Crippen LogP contribution in [0.3, 0.4) is 0 Å². The summed E-state index contributed by atoms with van der Waals surface area (Å²) in [6, 6.07) is 9.78. The molecule has 0 unspecified atom stereocenters. The average Bonchev–Trinajstić information content (AvgIpc) is 3.57. The number of ether oxygens (including phenoxy) is 2. The van der Waals surface area contributed by atoms with Gasteiger partial charge in [-0.25, -0.2) is 0 Å². The second-order valence-electron chi connectivity index (χ2n) is 7.81. The number of halogens is 3. The maximum atomic E-state index is 12.8. The summed E-state index contributed by atoms with van der Waals surface area (Å²) < 4.78 is 48.6. The summed E-state index contributed by atoms with van der Waals surface area (Å²) in [7, 11) is 3.00. The first kappa shape index (κ1) is 24.8. The summed E-state index contributed by atoms with van der Waals surface area (Å²) in [6.07, 6.45) is -1.10. The van der Waals surface area contributed by atoms with E-state index in [0.29, 0.717) is 29.9 Å². The van der Waals surface area contributed by atoms with Gasteiger partial charge in [0.2, 0.25) is 11.8 Å². The molecule has 0 aliphatic heterocycles. The van der Waals surface area contributed by atoms with Gasteiger partial charge < -0.3 is 20.1 Å². The molecule has 2 amide bonds. The predicted octanol–water partition coefficient (Wildman–Crippen LogP) is 3.72. The number of alkyl halides is 3. The van der Waals surface area contributed by atoms with E-state index in [0.717, 1.165) is 29.8 Å². The third-order valence-corrected chi connectivity index (χ3v) is 5.37. The van der Waals surface area contributed by atoms with E-state index < -0.39 is 29.1 Å². The van der Waals surface area contributed by atoms with Crippen molar-refractivity contribution in [1.82, 2.24) is 10.6 Å². The molecular formula is C24H24F3N3O4. The lowest BCUT2D eigenvalue weighted by Gasteiger charge is -2.17. The Labute approximate surface area is 194 Å². The minimum absolute atomic E-state index is 0.0781. The van der Waals surface area contributed by atoms with Crippen molar-refractivity contribution in [2.45, 2.75) is 31.0 Å². The molecule has 3 N–H and O–H groups in total. The second-order valence-corrected chi connectivity index (χ2v) is 7.81. The molecule has 0 aromatic heterocycles. The second kappa shape index (κ2) is 9.98. The van der Waals surface area contributed by atoms with Crippen LogP contribution in [0.15, 0.2) is 54.6 Å². The molecule has 7 nitrogen and oxygen atoms in total. The van der Waals surface area contributed by atoms with Crippen molar-refractivity contribution in [3.8, 4) is 11.5 Å². The van der Waals surface area contributed by atoms with E-state index in [1.54, 1.807) is 18.2 Å². The number of carbonyl (C=O) groups is 2. The van der Waals surface area contributed by atoms with Crippen LogP contribution < -0.4 is 20.1 Å². The maximum absolute atomic E-state index is 12.8. The number of hydrogen-bond donors (Lipinski definition) is 3. The summed E-state index contributed by atoms with van der Waals surface area (Å²) in [6.45, 7) is 0. The van der Waals surface area contributed by atoms with Crippen LogP contribution in [0, 0.1) is 5.41 Å². The number of methoxy groups -OCH3 is 2. The first-order valence-electron chi connectivity index (χ1n) is 10.3. The SMILES string of the molecule is COc1ccc(CC(=N)NC(=O)/C=C/C(=O)NC2(c3ccc(C(F)(F)F)cc3)CC2)cc1OC. The molecule has 0 bridgehead atoms. The minimum atomic E-state index is -4.43. The Balaban J connectivity index is 1.53. The van der Waals surface area contributed by atoms with E-state index in [9.17, 15) is 22.8 Å². The Morgan fingerprint density at radius 3 is 2.18 bits per heavy atom. The summed E-state index contributed by atoms with van der Waals surface area (Å²) in [5, 5.41) is 13.1. The number of amidine groups is 1. The molecule has 0 heterocycles. The van der Waals surface area contributed by atoms with E-state index in [-0.39, 0.29) is 12.3 Å². The van der Waals surface area contributed by atoms with Gasteiger partial charge in [0, 0.05) is 18.6 Å². The van der Waals surface area contributed by atoms with Gasteiger partial charge in [-0.2, -0.15) is 13.2 Å². The van der Waals surface area contributed by atoms with Crippen molar-refractivity contribution in [2.75, 3.05) is 14.2 Å². The molecule has 1 aliphatic rings. The Morgan fingerprint density at radius 2 is 1.62 bits per heavy atom. The quantitative estimate of drug-likeness (QED) is 0.308. The molecular weight excluding hydrogens is 451 g/mol. The molecule has 0 saturated heterocycles. The fourth-order valence-electron chi connectivity index (χ4n) is 3.45. The maximum Gasteiger partial charge on any atom is 0.416 e. The lowest BCUT2D eigenvalue weighted by Crippen LogP contribution is -2.34. The fourth-order valence-corrected chi connectivity index (χ4v) is 3.45. The van der Waals surface area contributed by atoms with Crippen molar-refractivity contribution in [3.63, 3.8) is 0 Å². The highest BCUT2D eigenvalue weighted by Gasteiger charge is 2.45. The van der Waals surface area contributed by atoms with Crippen LogP contribution in [-0.4, -0.2) is 31.9 Å². The predicted molar refractivity (Wildman–Crippen MR) is 119 cm³/mol. The van der Waals surface area contributed by atoms with Crippen LogP contribution in [0.4, 0.5) is 13.2 Å². The molecule has 1 aliphatic carbocycles. The number of rotatable bonds is 8. The number of nitrogens with one attached hydrogen (secondary N) is 3. The van der Waals surface area contributed by atoms with Crippen LogP contribution in [-0.2, 0) is 27.7 Å². The van der Waals surface area contributed by atoms with Crippen LogP contribution >= 0.6 is 0 Å². The van der Waals surface area contributed by atoms with Crippen molar-refractivity contribution in [2.24, 2.45) is 0 Å². The molecule has 34 heavy (non-hydrogen) atoms. The minimum Gasteiger partial charge on any atom is -0.493 e. The molecule has 0 atom stereocenters. The van der Waals surface area contributed by atoms with Crippen molar-refractivity contribution >= 4 is 17.6 Å². The lowest BCUT2D eigenvalue weighted by atomic mass is 10.0. The van der Waals surface area contributed by atoms with E-state index >= 15 is 0 Å². The number of carbonyl (C=O) groups excluding carboxylic acids is 2. The molecule has 0 spiro atoms. The third-order valence-electron chi connectivity index (χ3n) is 5.37. The number of hydrogen-bond acceptors (Lipinski definition) is 5. The highest BCUT2D eigenvalue weighted by atomic mass is 19.4. The van der Waals surface area contributed by atoms with Crippen molar-refractivity contribution in [3.05, 3.63) is 71.3 Å². The van der Waals surface area contributed by atoms with E-state index in [1.807, 2.05) is 0 Å². The Hall–Kier alpha value is -3.82. The summed E-state index contributed by atoms with van der Waals surface area (Å²) in [5.74, 6) is -0.247. The van der Waals surface area contributed by atoms with Crippen LogP contribution in [0.1, 0.15) is 29.5 Å². The number of amides is 2. The van der Waals surface area contributed by atoms with Gasteiger partial charge in [-0.05, 0) is 48.2 Å². The summed E-state index contributed by atoms with van der Waals surface area (Å²) in [5.41, 5.74) is -0.201. The van der Waals surface area contributed by atoms with E-state index in [1.165, 1.54) is 26.4 Å². The van der Waals surface area contributed by atoms with Gasteiger partial charge in [-0.3, -0.25) is 15.0 Å². The fraction of sp³-hybridized carbons (Fsp3) is 0.292. The average molecular weight is 475 g/mol. The smallest absolute Gasteiger partial charge is 0.416 e. The Morgan fingerprint density at radius 1 is 1.00 bits per heavy atom. The summed E-state index contributed by atoms with van der Waals surface area (Å²) in [4.78, 5) is 24.4. The van der Waals surface area contributed by atoms with Crippen molar-refractivity contribution < 1.29 is 32.2 Å². The molecule has 1 fully saturated rings. The molecule has 1 saturated carbocycles. The highest BCUT2D eigenvalue weighted by molar-refractivity contribution is 6.05. The Bertz CT molecular complexity index is 1110. The monoisotopic (exact) mass is 475 g/mol. The first-order chi connectivity index (χ1) is 16.1. The van der Waals surface area contributed by atoms with E-state index in [2.05, 4.69) is 10.6 Å². The molecule has 180 valence electrons. The van der Waals surface area contributed by atoms with Gasteiger partial charge in [0.25, 0.3) is 0 Å². The molecule has 10 heteroatoms. The largest absolute Gasteiger partial charge is 0.493 e. The highest BCUT2D eigenvalue weighted by Crippen LogP contribution is 2.46. The van der Waals surface area contributed by atoms with Crippen LogP contribution in [0.25, 0.3) is 0 Å². The lowest BCUT2D eigenvalue weighted by molar-refractivity contribution is -0.137. The van der Waals surface area contributed by atoms with E-state index in [4.69, 9.17) is 14.9 Å². The van der Waals surface area contributed by atoms with Gasteiger partial charge in [-0.15, -0.1) is 0 Å². The standard InChI is InChI=1S/C24H24F3N3O4/c1-33-18-8-3-15(13-19(18)34-2)14-20(28)29-21(31)9-10-22(32)30-23(11-12-23)16-4-6-17(7-5-16)24(25,26)27/h3-10,13H,11-12,14H2,1-2H3,(H,30,32)(H2,28,29,31)/b10-9+. The van der Waals surface area contributed by atoms with Gasteiger partial charge >= 0.3 is 6.18 Å². The zero-order chi connectivity index (χ0) is 24.9. The first-order valence-corrected chi connectivity index (χ1v) is 10.3. The normalized spacial score (nSPS) is 14.4. The third kappa shape index (κ3) is 6.15. The van der Waals surface area contributed by atoms with Gasteiger partial charge in [0.05, 0.1) is 25.3 Å². The van der Waals surface area contributed by atoms with Gasteiger partial charge in [0.15, 0.2) is 11.5 Å². The molecule has 0 radical (unpaired) electrons. The van der Waals surface area contributed by atoms with Crippen molar-refractivity contribution in [1.29, 1.82) is 5.41 Å². The molecule has 3 rings (SSSR count). The zero-order valence-corrected chi connectivity index (χ0v) is 18.6. The molecule has 2 aromatic rings. The topological polar surface area (TPSA) is 101 Å². The molecule has 2 aromatic carbocycles. The summed E-state index contributed by atoms with van der Waals surface area (Å²) >= 11 is 0. The van der Waals surface area contributed by atoms with Gasteiger partial charge in [0.1, 0.15) is 5.84 Å². The van der Waals surface area contributed by atoms with Crippen LogP contribution in [0.2, 0.25) is 0 Å². The van der Waals surface area contributed by atoms with Crippen LogP contribution in [0.5, 0.6) is 11.5 Å². The van der Waals surface area contributed by atoms with Gasteiger partial charge in [-0.1, -0.05) is 18.2 Å².